The van der Waals surface area contributed by atoms with Crippen LogP contribution in [0.15, 0.2) is 30.5 Å². The molecule has 0 atom stereocenters. The van der Waals surface area contributed by atoms with E-state index in [0.717, 1.165) is 42.1 Å². The van der Waals surface area contributed by atoms with E-state index < -0.39 is 0 Å². The summed E-state index contributed by atoms with van der Waals surface area (Å²) in [4.78, 5) is 17.1. The van der Waals surface area contributed by atoms with Gasteiger partial charge >= 0.3 is 0 Å². The first-order valence-corrected chi connectivity index (χ1v) is 8.33. The Hall–Kier alpha value is -1.92. The summed E-state index contributed by atoms with van der Waals surface area (Å²) in [6.45, 7) is 1.48. The molecule has 1 amide bonds. The second-order valence-electron chi connectivity index (χ2n) is 5.59. The van der Waals surface area contributed by atoms with E-state index in [9.17, 15) is 4.79 Å². The van der Waals surface area contributed by atoms with Gasteiger partial charge in [0.05, 0.1) is 0 Å². The minimum Gasteiger partial charge on any atom is -0.375 e. The maximum absolute atomic E-state index is 12.0. The van der Waals surface area contributed by atoms with Gasteiger partial charge in [0, 0.05) is 35.8 Å². The zero-order chi connectivity index (χ0) is 15.4. The highest BCUT2D eigenvalue weighted by molar-refractivity contribution is 7.15. The van der Waals surface area contributed by atoms with Crippen molar-refractivity contribution in [2.45, 2.75) is 32.4 Å². The molecule has 0 radical (unpaired) electrons. The summed E-state index contributed by atoms with van der Waals surface area (Å²) in [7, 11) is 0. The Labute approximate surface area is 133 Å². The standard InChI is InChI=1S/C16H20N4OS/c17-16-19-10-14(22-16)9-18-8-11-3-1-6-13(7-11)20-15(21)12-4-2-5-12/h1,3,6-7,10,12,18H,2,4-5,8-9H2,(H2,17,19)(H,20,21). The van der Waals surface area contributed by atoms with Crippen LogP contribution in [0.5, 0.6) is 0 Å². The number of nitrogens with two attached hydrogens (primary N) is 1. The number of anilines is 2. The van der Waals surface area contributed by atoms with E-state index in [4.69, 9.17) is 5.73 Å². The number of thiazole rings is 1. The Kier molecular flexibility index (Phi) is 4.70. The third-order valence-corrected chi connectivity index (χ3v) is 4.70. The third-order valence-electron chi connectivity index (χ3n) is 3.87. The molecule has 6 heteroatoms. The lowest BCUT2D eigenvalue weighted by molar-refractivity contribution is -0.122. The largest absolute Gasteiger partial charge is 0.375 e. The SMILES string of the molecule is Nc1ncc(CNCc2cccc(NC(=O)C3CCC3)c2)s1. The summed E-state index contributed by atoms with van der Waals surface area (Å²) in [5.74, 6) is 0.357. The molecule has 116 valence electrons. The van der Waals surface area contributed by atoms with Gasteiger partial charge in [0.1, 0.15) is 0 Å². The van der Waals surface area contributed by atoms with Crippen molar-refractivity contribution in [2.24, 2.45) is 5.92 Å². The van der Waals surface area contributed by atoms with Gasteiger partial charge in [-0.2, -0.15) is 0 Å². The Morgan fingerprint density at radius 3 is 2.91 bits per heavy atom. The van der Waals surface area contributed by atoms with Crippen molar-refractivity contribution in [2.75, 3.05) is 11.1 Å². The van der Waals surface area contributed by atoms with E-state index in [-0.39, 0.29) is 11.8 Å². The monoisotopic (exact) mass is 316 g/mol. The van der Waals surface area contributed by atoms with E-state index in [1.807, 2.05) is 24.3 Å². The van der Waals surface area contributed by atoms with Crippen LogP contribution < -0.4 is 16.4 Å². The number of nitrogen functional groups attached to an aromatic ring is 1. The van der Waals surface area contributed by atoms with Gasteiger partial charge in [-0.25, -0.2) is 4.98 Å². The highest BCUT2D eigenvalue weighted by atomic mass is 32.1. The number of benzene rings is 1. The van der Waals surface area contributed by atoms with E-state index in [1.54, 1.807) is 6.20 Å². The zero-order valence-corrected chi connectivity index (χ0v) is 13.2. The van der Waals surface area contributed by atoms with Crippen molar-refractivity contribution >= 4 is 28.1 Å². The first kappa shape index (κ1) is 15.0. The maximum atomic E-state index is 12.0. The quantitative estimate of drug-likeness (QED) is 0.765. The number of amides is 1. The maximum Gasteiger partial charge on any atom is 0.227 e. The van der Waals surface area contributed by atoms with Crippen LogP contribution in [-0.2, 0) is 17.9 Å². The van der Waals surface area contributed by atoms with Crippen LogP contribution in [0.1, 0.15) is 29.7 Å². The molecule has 0 spiro atoms. The molecule has 1 aromatic heterocycles. The lowest BCUT2D eigenvalue weighted by atomic mass is 9.85. The minimum atomic E-state index is 0.150. The molecule has 5 nitrogen and oxygen atoms in total. The molecule has 0 unspecified atom stereocenters. The Morgan fingerprint density at radius 2 is 2.23 bits per heavy atom. The molecular formula is C16H20N4OS. The molecule has 22 heavy (non-hydrogen) atoms. The van der Waals surface area contributed by atoms with Crippen LogP contribution in [0, 0.1) is 5.92 Å². The van der Waals surface area contributed by atoms with Gasteiger partial charge in [0.2, 0.25) is 5.91 Å². The molecule has 3 rings (SSSR count). The van der Waals surface area contributed by atoms with Crippen LogP contribution in [-0.4, -0.2) is 10.9 Å². The van der Waals surface area contributed by atoms with Crippen LogP contribution >= 0.6 is 11.3 Å². The topological polar surface area (TPSA) is 80.0 Å². The summed E-state index contributed by atoms with van der Waals surface area (Å²) < 4.78 is 0. The molecule has 1 aliphatic carbocycles. The number of hydrogen-bond donors (Lipinski definition) is 3. The van der Waals surface area contributed by atoms with Gasteiger partial charge in [-0.05, 0) is 30.5 Å². The number of nitrogens with one attached hydrogen (secondary N) is 2. The zero-order valence-electron chi connectivity index (χ0n) is 12.3. The number of nitrogens with zero attached hydrogens (tertiary/aromatic N) is 1. The van der Waals surface area contributed by atoms with Crippen LogP contribution in [0.3, 0.4) is 0 Å². The number of carbonyl (C=O) groups excluding carboxylic acids is 1. The van der Waals surface area contributed by atoms with Crippen molar-refractivity contribution < 1.29 is 4.79 Å². The molecule has 0 bridgehead atoms. The first-order chi connectivity index (χ1) is 10.7. The smallest absolute Gasteiger partial charge is 0.227 e. The number of hydrogen-bond acceptors (Lipinski definition) is 5. The number of carbonyl (C=O) groups is 1. The molecule has 1 fully saturated rings. The molecule has 1 aliphatic rings. The van der Waals surface area contributed by atoms with Crippen LogP contribution in [0.25, 0.3) is 0 Å². The normalized spacial score (nSPS) is 14.5. The summed E-state index contributed by atoms with van der Waals surface area (Å²) in [6.07, 6.45) is 5.00. The van der Waals surface area contributed by atoms with Crippen molar-refractivity contribution in [3.8, 4) is 0 Å². The molecule has 1 aromatic carbocycles. The van der Waals surface area contributed by atoms with Crippen molar-refractivity contribution in [1.82, 2.24) is 10.3 Å². The van der Waals surface area contributed by atoms with Gasteiger partial charge in [0.15, 0.2) is 5.13 Å². The summed E-state index contributed by atoms with van der Waals surface area (Å²) in [5, 5.41) is 6.96. The molecule has 4 N–H and O–H groups in total. The second kappa shape index (κ2) is 6.89. The average molecular weight is 316 g/mol. The molecule has 0 aliphatic heterocycles. The average Bonchev–Trinajstić information content (AvgIpc) is 2.83. The lowest BCUT2D eigenvalue weighted by Gasteiger charge is -2.24. The van der Waals surface area contributed by atoms with Gasteiger partial charge in [-0.3, -0.25) is 4.79 Å². The van der Waals surface area contributed by atoms with E-state index >= 15 is 0 Å². The molecule has 1 heterocycles. The summed E-state index contributed by atoms with van der Waals surface area (Å²) in [5.41, 5.74) is 7.62. The fourth-order valence-corrected chi connectivity index (χ4v) is 3.06. The molecule has 2 aromatic rings. The highest BCUT2D eigenvalue weighted by Crippen LogP contribution is 2.27. The van der Waals surface area contributed by atoms with Gasteiger partial charge in [-0.15, -0.1) is 11.3 Å². The molecule has 0 saturated heterocycles. The van der Waals surface area contributed by atoms with Gasteiger partial charge in [-0.1, -0.05) is 18.6 Å². The van der Waals surface area contributed by atoms with Crippen molar-refractivity contribution in [1.29, 1.82) is 0 Å². The van der Waals surface area contributed by atoms with Crippen molar-refractivity contribution in [3.63, 3.8) is 0 Å². The summed E-state index contributed by atoms with van der Waals surface area (Å²) >= 11 is 1.49. The molecular weight excluding hydrogens is 296 g/mol. The van der Waals surface area contributed by atoms with Crippen LogP contribution in [0.2, 0.25) is 0 Å². The van der Waals surface area contributed by atoms with Gasteiger partial charge < -0.3 is 16.4 Å². The van der Waals surface area contributed by atoms with Gasteiger partial charge in [0.25, 0.3) is 0 Å². The lowest BCUT2D eigenvalue weighted by Crippen LogP contribution is -2.28. The fraction of sp³-hybridized carbons (Fsp3) is 0.375. The molecule has 1 saturated carbocycles. The number of aromatic nitrogens is 1. The summed E-state index contributed by atoms with van der Waals surface area (Å²) in [6, 6.07) is 7.97. The second-order valence-corrected chi connectivity index (χ2v) is 6.73. The van der Waals surface area contributed by atoms with E-state index in [2.05, 4.69) is 15.6 Å². The highest BCUT2D eigenvalue weighted by Gasteiger charge is 2.25. The van der Waals surface area contributed by atoms with E-state index in [1.165, 1.54) is 17.8 Å². The predicted octanol–water partition coefficient (Wildman–Crippen LogP) is 2.75. The van der Waals surface area contributed by atoms with E-state index in [0.29, 0.717) is 5.13 Å². The number of rotatable bonds is 6. The van der Waals surface area contributed by atoms with Crippen LogP contribution in [0.4, 0.5) is 10.8 Å². The Balaban J connectivity index is 1.51. The fourth-order valence-electron chi connectivity index (χ4n) is 2.41. The van der Waals surface area contributed by atoms with Crippen molar-refractivity contribution in [3.05, 3.63) is 40.9 Å². The Bertz CT molecular complexity index is 651. The third kappa shape index (κ3) is 3.84. The predicted molar refractivity (Wildman–Crippen MR) is 89.5 cm³/mol. The first-order valence-electron chi connectivity index (χ1n) is 7.51. The Morgan fingerprint density at radius 1 is 1.36 bits per heavy atom. The minimum absolute atomic E-state index is 0.150.